The standard InChI is InChI=1S/C12H17F3NO5PS/c1-4-19-11(17)9-10(12(13,14)15)16-8(23-9)7-22(18,20-5-2)21-6-3/h4-7H2,1-3H3. The largest absolute Gasteiger partial charge is 0.462 e. The predicted octanol–water partition coefficient (Wildman–Crippen LogP) is 4.10. The average Bonchev–Trinajstić information content (AvgIpc) is 2.83. The van der Waals surface area contributed by atoms with Crippen LogP contribution in [0.1, 0.15) is 41.1 Å². The van der Waals surface area contributed by atoms with Crippen LogP contribution in [0.4, 0.5) is 13.2 Å². The monoisotopic (exact) mass is 375 g/mol. The zero-order valence-electron chi connectivity index (χ0n) is 12.8. The van der Waals surface area contributed by atoms with Crippen molar-refractivity contribution in [2.75, 3.05) is 19.8 Å². The molecule has 0 radical (unpaired) electrons. The smallest absolute Gasteiger partial charge is 0.435 e. The molecule has 6 nitrogen and oxygen atoms in total. The van der Waals surface area contributed by atoms with E-state index < -0.39 is 36.5 Å². The Labute approximate surface area is 135 Å². The molecule has 0 fully saturated rings. The Morgan fingerprint density at radius 1 is 1.17 bits per heavy atom. The van der Waals surface area contributed by atoms with Gasteiger partial charge in [0.15, 0.2) is 5.69 Å². The van der Waals surface area contributed by atoms with Crippen molar-refractivity contribution >= 4 is 24.9 Å². The number of ether oxygens (including phenoxy) is 1. The number of nitrogens with zero attached hydrogens (tertiary/aromatic N) is 1. The summed E-state index contributed by atoms with van der Waals surface area (Å²) in [5.74, 6) is -1.12. The Morgan fingerprint density at radius 2 is 1.74 bits per heavy atom. The van der Waals surface area contributed by atoms with E-state index in [-0.39, 0.29) is 24.8 Å². The van der Waals surface area contributed by atoms with Gasteiger partial charge in [-0.05, 0) is 20.8 Å². The molecule has 0 aliphatic heterocycles. The van der Waals surface area contributed by atoms with Crippen molar-refractivity contribution in [1.82, 2.24) is 4.98 Å². The second-order valence-electron chi connectivity index (χ2n) is 4.11. The fraction of sp³-hybridized carbons (Fsp3) is 0.667. The fourth-order valence-electron chi connectivity index (χ4n) is 1.65. The van der Waals surface area contributed by atoms with Gasteiger partial charge in [-0.2, -0.15) is 13.2 Å². The number of alkyl halides is 3. The lowest BCUT2D eigenvalue weighted by Gasteiger charge is -2.15. The summed E-state index contributed by atoms with van der Waals surface area (Å²) in [6.45, 7) is 4.71. The molecule has 1 aromatic rings. The highest BCUT2D eigenvalue weighted by Crippen LogP contribution is 2.52. The maximum absolute atomic E-state index is 13.0. The van der Waals surface area contributed by atoms with Gasteiger partial charge in [0.05, 0.1) is 19.8 Å². The van der Waals surface area contributed by atoms with Crippen LogP contribution in [0.5, 0.6) is 0 Å². The van der Waals surface area contributed by atoms with E-state index in [4.69, 9.17) is 9.05 Å². The number of halogens is 3. The quantitative estimate of drug-likeness (QED) is 0.503. The lowest BCUT2D eigenvalue weighted by Crippen LogP contribution is -2.13. The maximum atomic E-state index is 13.0. The van der Waals surface area contributed by atoms with Crippen LogP contribution in [0.15, 0.2) is 0 Å². The SMILES string of the molecule is CCOC(=O)c1sc(CP(=O)(OCC)OCC)nc1C(F)(F)F. The molecule has 1 aromatic heterocycles. The first kappa shape index (κ1) is 20.1. The normalized spacial score (nSPS) is 12.4. The van der Waals surface area contributed by atoms with Crippen LogP contribution in [0.3, 0.4) is 0 Å². The van der Waals surface area contributed by atoms with Gasteiger partial charge < -0.3 is 13.8 Å². The Balaban J connectivity index is 3.18. The molecule has 132 valence electrons. The number of esters is 1. The zero-order valence-corrected chi connectivity index (χ0v) is 14.5. The summed E-state index contributed by atoms with van der Waals surface area (Å²) in [4.78, 5) is 14.4. The molecule has 0 bridgehead atoms. The number of aromatic nitrogens is 1. The maximum Gasteiger partial charge on any atom is 0.435 e. The van der Waals surface area contributed by atoms with Gasteiger partial charge in [0.1, 0.15) is 16.0 Å². The van der Waals surface area contributed by atoms with Gasteiger partial charge in [0.25, 0.3) is 0 Å². The first-order valence-corrected chi connectivity index (χ1v) is 9.33. The summed E-state index contributed by atoms with van der Waals surface area (Å²) < 4.78 is 66.0. The average molecular weight is 375 g/mol. The van der Waals surface area contributed by atoms with E-state index in [1.54, 1.807) is 13.8 Å². The van der Waals surface area contributed by atoms with Crippen molar-refractivity contribution in [3.05, 3.63) is 15.6 Å². The van der Waals surface area contributed by atoms with Gasteiger partial charge in [-0.3, -0.25) is 4.57 Å². The zero-order chi connectivity index (χ0) is 17.7. The van der Waals surface area contributed by atoms with Crippen LogP contribution in [-0.4, -0.2) is 30.8 Å². The van der Waals surface area contributed by atoms with Gasteiger partial charge in [0.2, 0.25) is 0 Å². The number of thiazole rings is 1. The van der Waals surface area contributed by atoms with Crippen molar-refractivity contribution in [3.8, 4) is 0 Å². The minimum absolute atomic E-state index is 0.0690. The van der Waals surface area contributed by atoms with Crippen LogP contribution in [0.2, 0.25) is 0 Å². The summed E-state index contributed by atoms with van der Waals surface area (Å²) in [6.07, 6.45) is -5.26. The molecule has 0 amide bonds. The van der Waals surface area contributed by atoms with Crippen molar-refractivity contribution in [1.29, 1.82) is 0 Å². The lowest BCUT2D eigenvalue weighted by atomic mass is 10.3. The van der Waals surface area contributed by atoms with E-state index >= 15 is 0 Å². The predicted molar refractivity (Wildman–Crippen MR) is 77.6 cm³/mol. The molecule has 11 heteroatoms. The molecule has 0 saturated heterocycles. The van der Waals surface area contributed by atoms with Gasteiger partial charge in [-0.15, -0.1) is 11.3 Å². The summed E-state index contributed by atoms with van der Waals surface area (Å²) in [5.41, 5.74) is -1.35. The molecule has 1 heterocycles. The minimum atomic E-state index is -4.82. The van der Waals surface area contributed by atoms with Crippen LogP contribution in [-0.2, 0) is 30.7 Å². The molecule has 0 saturated carbocycles. The number of hydrogen-bond donors (Lipinski definition) is 0. The third-order valence-corrected chi connectivity index (χ3v) is 5.62. The molecule has 0 N–H and O–H groups in total. The van der Waals surface area contributed by atoms with E-state index in [1.165, 1.54) is 6.92 Å². The second kappa shape index (κ2) is 8.23. The molecular weight excluding hydrogens is 358 g/mol. The Bertz CT molecular complexity index is 580. The van der Waals surface area contributed by atoms with Crippen LogP contribution < -0.4 is 0 Å². The number of carbonyl (C=O) groups excluding carboxylic acids is 1. The van der Waals surface area contributed by atoms with Crippen molar-refractivity contribution in [2.24, 2.45) is 0 Å². The number of carbonyl (C=O) groups is 1. The second-order valence-corrected chi connectivity index (χ2v) is 7.25. The molecule has 23 heavy (non-hydrogen) atoms. The highest BCUT2D eigenvalue weighted by molar-refractivity contribution is 7.53. The highest BCUT2D eigenvalue weighted by Gasteiger charge is 2.41. The van der Waals surface area contributed by atoms with Crippen molar-refractivity contribution in [3.63, 3.8) is 0 Å². The van der Waals surface area contributed by atoms with Gasteiger partial charge in [-0.25, -0.2) is 9.78 Å². The first-order valence-electron chi connectivity index (χ1n) is 6.79. The highest BCUT2D eigenvalue weighted by atomic mass is 32.1. The van der Waals surface area contributed by atoms with E-state index in [2.05, 4.69) is 9.72 Å². The Hall–Kier alpha value is -0.960. The molecular formula is C12H17F3NO5PS. The topological polar surface area (TPSA) is 74.7 Å². The van der Waals surface area contributed by atoms with E-state index in [0.29, 0.717) is 11.3 Å². The number of hydrogen-bond acceptors (Lipinski definition) is 7. The number of rotatable bonds is 8. The van der Waals surface area contributed by atoms with Crippen molar-refractivity contribution < 1.29 is 36.3 Å². The molecule has 0 atom stereocenters. The van der Waals surface area contributed by atoms with Crippen molar-refractivity contribution in [2.45, 2.75) is 33.1 Å². The molecule has 0 unspecified atom stereocenters. The summed E-state index contributed by atoms with van der Waals surface area (Å²) in [7, 11) is -3.62. The van der Waals surface area contributed by atoms with Gasteiger partial charge in [0, 0.05) is 0 Å². The molecule has 1 rings (SSSR count). The van der Waals surface area contributed by atoms with Crippen LogP contribution >= 0.6 is 18.9 Å². The minimum Gasteiger partial charge on any atom is -0.462 e. The molecule has 0 aliphatic carbocycles. The molecule has 0 aromatic carbocycles. The van der Waals surface area contributed by atoms with E-state index in [0.717, 1.165) is 0 Å². The lowest BCUT2D eigenvalue weighted by molar-refractivity contribution is -0.141. The van der Waals surface area contributed by atoms with Gasteiger partial charge >= 0.3 is 19.7 Å². The van der Waals surface area contributed by atoms with E-state index in [9.17, 15) is 22.5 Å². The Morgan fingerprint density at radius 3 is 2.17 bits per heavy atom. The molecule has 0 spiro atoms. The summed E-state index contributed by atoms with van der Waals surface area (Å²) >= 11 is 0.475. The van der Waals surface area contributed by atoms with Crippen LogP contribution in [0.25, 0.3) is 0 Å². The van der Waals surface area contributed by atoms with E-state index in [1.807, 2.05) is 0 Å². The van der Waals surface area contributed by atoms with Crippen LogP contribution in [0, 0.1) is 0 Å². The third kappa shape index (κ3) is 5.56. The summed E-state index contributed by atoms with van der Waals surface area (Å²) in [6, 6.07) is 0. The summed E-state index contributed by atoms with van der Waals surface area (Å²) in [5, 5.41) is -0.161. The molecule has 0 aliphatic rings. The Kier molecular flexibility index (Phi) is 7.19. The third-order valence-electron chi connectivity index (χ3n) is 2.38. The first-order chi connectivity index (χ1) is 10.7. The van der Waals surface area contributed by atoms with Gasteiger partial charge in [-0.1, -0.05) is 0 Å². The fourth-order valence-corrected chi connectivity index (χ4v) is 4.60.